The van der Waals surface area contributed by atoms with E-state index in [-0.39, 0.29) is 46.7 Å². The lowest BCUT2D eigenvalue weighted by Crippen LogP contribution is -2.13. The van der Waals surface area contributed by atoms with Gasteiger partial charge in [-0.1, -0.05) is 41.5 Å². The largest absolute Gasteiger partial charge is 0.507 e. The smallest absolute Gasteiger partial charge is 0.153 e. The van der Waals surface area contributed by atoms with Gasteiger partial charge in [-0.15, -0.1) is 0 Å². The number of carbonyl (C=O) groups is 2. The van der Waals surface area contributed by atoms with Crippen LogP contribution >= 0.6 is 0 Å². The van der Waals surface area contributed by atoms with Crippen LogP contribution in [0.25, 0.3) is 0 Å². The van der Waals surface area contributed by atoms with E-state index in [1.54, 1.807) is 12.1 Å². The van der Waals surface area contributed by atoms with E-state index >= 15 is 0 Å². The van der Waals surface area contributed by atoms with Gasteiger partial charge < -0.3 is 14.9 Å². The molecule has 2 N–H and O–H groups in total. The van der Waals surface area contributed by atoms with Gasteiger partial charge in [0.2, 0.25) is 0 Å². The maximum Gasteiger partial charge on any atom is 0.153 e. The molecule has 0 atom stereocenters. The molecule has 0 aliphatic rings. The Morgan fingerprint density at radius 3 is 1.34 bits per heavy atom. The molecular weight excluding hydrogens is 368 g/mol. The Balaban J connectivity index is 2.30. The molecule has 5 nitrogen and oxygen atoms in total. The number of aldehydes is 2. The number of phenols is 2. The van der Waals surface area contributed by atoms with E-state index in [0.29, 0.717) is 23.7 Å². The highest BCUT2D eigenvalue weighted by molar-refractivity contribution is 5.81. The Kier molecular flexibility index (Phi) is 6.53. The van der Waals surface area contributed by atoms with E-state index in [2.05, 4.69) is 0 Å². The molecule has 0 saturated carbocycles. The van der Waals surface area contributed by atoms with E-state index in [9.17, 15) is 19.8 Å². The third kappa shape index (κ3) is 5.24. The number of aromatic hydroxyl groups is 2. The van der Waals surface area contributed by atoms with E-state index in [1.165, 1.54) is 0 Å². The normalized spacial score (nSPS) is 12.1. The number of hydrogen-bond donors (Lipinski definition) is 2. The zero-order chi connectivity index (χ0) is 22.0. The minimum Gasteiger partial charge on any atom is -0.507 e. The molecule has 2 aromatic carbocycles. The highest BCUT2D eigenvalue weighted by atomic mass is 16.5. The lowest BCUT2D eigenvalue weighted by molar-refractivity contribution is 0.103. The highest BCUT2D eigenvalue weighted by Gasteiger charge is 2.20. The minimum atomic E-state index is -0.196. The summed E-state index contributed by atoms with van der Waals surface area (Å²) in [7, 11) is 0. The van der Waals surface area contributed by atoms with Gasteiger partial charge in [0.1, 0.15) is 11.5 Å². The van der Waals surface area contributed by atoms with Crippen LogP contribution in [-0.4, -0.2) is 22.8 Å². The van der Waals surface area contributed by atoms with E-state index in [4.69, 9.17) is 4.74 Å². The average molecular weight is 398 g/mol. The second-order valence-electron chi connectivity index (χ2n) is 9.37. The molecule has 0 unspecified atom stereocenters. The van der Waals surface area contributed by atoms with Crippen LogP contribution in [0.4, 0.5) is 0 Å². The van der Waals surface area contributed by atoms with Crippen molar-refractivity contribution in [3.05, 3.63) is 57.6 Å². The van der Waals surface area contributed by atoms with Crippen molar-refractivity contribution in [1.29, 1.82) is 0 Å². The van der Waals surface area contributed by atoms with Gasteiger partial charge in [0, 0.05) is 11.1 Å². The number of benzene rings is 2. The molecule has 5 heteroatoms. The van der Waals surface area contributed by atoms with Gasteiger partial charge in [0.15, 0.2) is 12.6 Å². The quantitative estimate of drug-likeness (QED) is 0.667. The van der Waals surface area contributed by atoms with Crippen LogP contribution in [0.5, 0.6) is 11.5 Å². The van der Waals surface area contributed by atoms with Gasteiger partial charge in [-0.05, 0) is 46.2 Å². The number of rotatable bonds is 6. The third-order valence-electron chi connectivity index (χ3n) is 4.94. The first-order valence-electron chi connectivity index (χ1n) is 9.59. The highest BCUT2D eigenvalue weighted by Crippen LogP contribution is 2.33. The molecule has 29 heavy (non-hydrogen) atoms. The Labute approximate surface area is 172 Å². The first-order chi connectivity index (χ1) is 13.4. The topological polar surface area (TPSA) is 83.8 Å². The van der Waals surface area contributed by atoms with Crippen molar-refractivity contribution in [3.63, 3.8) is 0 Å². The lowest BCUT2D eigenvalue weighted by Gasteiger charge is -2.22. The zero-order valence-corrected chi connectivity index (χ0v) is 18.0. The van der Waals surface area contributed by atoms with Crippen molar-refractivity contribution in [2.45, 2.75) is 65.6 Å². The predicted molar refractivity (Wildman–Crippen MR) is 113 cm³/mol. The Morgan fingerprint density at radius 1 is 0.724 bits per heavy atom. The molecule has 0 aliphatic carbocycles. The average Bonchev–Trinajstić information content (AvgIpc) is 2.62. The van der Waals surface area contributed by atoms with Crippen LogP contribution in [0.15, 0.2) is 24.3 Å². The van der Waals surface area contributed by atoms with Crippen molar-refractivity contribution >= 4 is 12.6 Å². The third-order valence-corrected chi connectivity index (χ3v) is 4.94. The number of ether oxygens (including phenoxy) is 1. The van der Waals surface area contributed by atoms with Gasteiger partial charge in [-0.2, -0.15) is 0 Å². The van der Waals surface area contributed by atoms with Gasteiger partial charge in [-0.25, -0.2) is 0 Å². The first-order valence-corrected chi connectivity index (χ1v) is 9.59. The predicted octanol–water partition coefficient (Wildman–Crippen LogP) is 5.03. The molecule has 2 rings (SSSR count). The molecule has 0 spiro atoms. The molecule has 156 valence electrons. The van der Waals surface area contributed by atoms with Gasteiger partial charge in [0.25, 0.3) is 0 Å². The van der Waals surface area contributed by atoms with E-state index in [0.717, 1.165) is 11.1 Å². The second-order valence-corrected chi connectivity index (χ2v) is 9.37. The molecule has 0 saturated heterocycles. The van der Waals surface area contributed by atoms with Crippen LogP contribution in [-0.2, 0) is 28.8 Å². The van der Waals surface area contributed by atoms with Crippen LogP contribution in [0, 0.1) is 0 Å². The van der Waals surface area contributed by atoms with Crippen LogP contribution < -0.4 is 0 Å². The van der Waals surface area contributed by atoms with Crippen LogP contribution in [0.3, 0.4) is 0 Å². The van der Waals surface area contributed by atoms with E-state index in [1.807, 2.05) is 53.7 Å². The van der Waals surface area contributed by atoms with Crippen LogP contribution in [0.1, 0.15) is 84.5 Å². The molecule has 0 aromatic heterocycles. The second kappa shape index (κ2) is 8.37. The SMILES string of the molecule is CC(C)(C)c1cc(C=O)c(O)c(COCc2cc(C(C)(C)C)cc(C=O)c2O)c1. The van der Waals surface area contributed by atoms with Crippen molar-refractivity contribution < 1.29 is 24.5 Å². The summed E-state index contributed by atoms with van der Waals surface area (Å²) in [4.78, 5) is 22.7. The maximum atomic E-state index is 11.3. The molecular formula is C24H30O5. The summed E-state index contributed by atoms with van der Waals surface area (Å²) in [5.74, 6) is -0.205. The summed E-state index contributed by atoms with van der Waals surface area (Å²) in [5.41, 5.74) is 2.88. The molecule has 0 amide bonds. The first kappa shape index (κ1) is 22.6. The lowest BCUT2D eigenvalue weighted by atomic mass is 9.84. The van der Waals surface area contributed by atoms with Crippen molar-refractivity contribution in [2.24, 2.45) is 0 Å². The fraction of sp³-hybridized carbons (Fsp3) is 0.417. The standard InChI is InChI=1S/C24H30O5/c1-23(2,3)19-7-15(11-25)21(27)17(9-19)13-29-14-18-10-20(24(4,5)6)8-16(12-26)22(18)28/h7-12,27-28H,13-14H2,1-6H3. The van der Waals surface area contributed by atoms with Gasteiger partial charge in [-0.3, -0.25) is 9.59 Å². The minimum absolute atomic E-state index is 0.0617. The number of carbonyl (C=O) groups excluding carboxylic acids is 2. The van der Waals surface area contributed by atoms with Crippen molar-refractivity contribution in [3.8, 4) is 11.5 Å². The molecule has 0 fully saturated rings. The van der Waals surface area contributed by atoms with E-state index < -0.39 is 0 Å². The number of phenolic OH excluding ortho intramolecular Hbond substituents is 2. The van der Waals surface area contributed by atoms with Crippen molar-refractivity contribution in [2.75, 3.05) is 0 Å². The van der Waals surface area contributed by atoms with Gasteiger partial charge >= 0.3 is 0 Å². The summed E-state index contributed by atoms with van der Waals surface area (Å²) in [6, 6.07) is 7.01. The maximum absolute atomic E-state index is 11.3. The van der Waals surface area contributed by atoms with Gasteiger partial charge in [0.05, 0.1) is 24.3 Å². The fourth-order valence-corrected chi connectivity index (χ4v) is 2.97. The summed E-state index contributed by atoms with van der Waals surface area (Å²) >= 11 is 0. The molecule has 2 aromatic rings. The molecule has 0 bridgehead atoms. The Bertz CT molecular complexity index is 839. The van der Waals surface area contributed by atoms with Crippen molar-refractivity contribution in [1.82, 2.24) is 0 Å². The monoisotopic (exact) mass is 398 g/mol. The van der Waals surface area contributed by atoms with Crippen LogP contribution in [0.2, 0.25) is 0 Å². The summed E-state index contributed by atoms with van der Waals surface area (Å²) in [5, 5.41) is 20.7. The molecule has 0 aliphatic heterocycles. The molecule has 0 heterocycles. The summed E-state index contributed by atoms with van der Waals surface area (Å²) < 4.78 is 5.75. The molecule has 0 radical (unpaired) electrons. The fourth-order valence-electron chi connectivity index (χ4n) is 2.97. The Hall–Kier alpha value is -2.66. The summed E-state index contributed by atoms with van der Waals surface area (Å²) in [6.07, 6.45) is 1.26. The zero-order valence-electron chi connectivity index (χ0n) is 18.0. The number of hydrogen-bond acceptors (Lipinski definition) is 5. The summed E-state index contributed by atoms with van der Waals surface area (Å²) in [6.45, 7) is 12.3. The Morgan fingerprint density at radius 2 is 1.07 bits per heavy atom.